The number of carbonyl (C=O) groups excluding carboxylic acids is 4. The molecule has 0 aromatic carbocycles. The summed E-state index contributed by atoms with van der Waals surface area (Å²) in [6.07, 6.45) is 1.09. The van der Waals surface area contributed by atoms with Crippen molar-refractivity contribution in [2.24, 2.45) is 17.2 Å². The van der Waals surface area contributed by atoms with Crippen LogP contribution in [0.1, 0.15) is 39.0 Å². The van der Waals surface area contributed by atoms with Crippen LogP contribution in [0.3, 0.4) is 0 Å². The molecule has 13 nitrogen and oxygen atoms in total. The van der Waals surface area contributed by atoms with Crippen LogP contribution < -0.4 is 33.2 Å². The zero-order valence-corrected chi connectivity index (χ0v) is 16.9. The van der Waals surface area contributed by atoms with Gasteiger partial charge in [-0.2, -0.15) is 0 Å². The summed E-state index contributed by atoms with van der Waals surface area (Å²) in [4.78, 5) is 58.4. The van der Waals surface area contributed by atoms with Crippen molar-refractivity contribution in [2.45, 2.75) is 63.2 Å². The first-order valence-electron chi connectivity index (χ1n) is 9.52. The molecule has 0 radical (unpaired) electrons. The van der Waals surface area contributed by atoms with Gasteiger partial charge in [-0.1, -0.05) is 0 Å². The molecule has 0 aliphatic heterocycles. The van der Waals surface area contributed by atoms with Gasteiger partial charge in [0.2, 0.25) is 23.6 Å². The normalized spacial score (nSPS) is 14.7. The van der Waals surface area contributed by atoms with E-state index in [-0.39, 0.29) is 19.3 Å². The average Bonchev–Trinajstić information content (AvgIpc) is 2.68. The van der Waals surface area contributed by atoms with Gasteiger partial charge in [-0.25, -0.2) is 4.79 Å². The lowest BCUT2D eigenvalue weighted by Crippen LogP contribution is -2.57. The van der Waals surface area contributed by atoms with Crippen LogP contribution in [0.4, 0.5) is 0 Å². The maximum Gasteiger partial charge on any atom is 0.326 e. The number of unbranched alkanes of at least 4 members (excludes halogenated alkanes) is 1. The Kier molecular flexibility index (Phi) is 12.9. The Morgan fingerprint density at radius 2 is 1.50 bits per heavy atom. The predicted molar refractivity (Wildman–Crippen MR) is 105 cm³/mol. The van der Waals surface area contributed by atoms with Gasteiger partial charge >= 0.3 is 5.97 Å². The molecular weight excluding hydrogens is 400 g/mol. The van der Waals surface area contributed by atoms with E-state index in [1.165, 1.54) is 6.92 Å². The molecular formula is C17H32N6O7. The van der Waals surface area contributed by atoms with E-state index in [4.69, 9.17) is 17.2 Å². The third-order valence-electron chi connectivity index (χ3n) is 4.17. The molecule has 0 heterocycles. The van der Waals surface area contributed by atoms with Crippen LogP contribution in [0.2, 0.25) is 0 Å². The second kappa shape index (κ2) is 14.3. The van der Waals surface area contributed by atoms with E-state index in [1.54, 1.807) is 0 Å². The Bertz CT molecular complexity index is 615. The van der Waals surface area contributed by atoms with Crippen LogP contribution in [0.15, 0.2) is 0 Å². The summed E-state index contributed by atoms with van der Waals surface area (Å²) < 4.78 is 0. The molecule has 0 aliphatic carbocycles. The Hall–Kier alpha value is -2.77. The molecule has 0 aromatic rings. The zero-order chi connectivity index (χ0) is 23.3. The lowest BCUT2D eigenvalue weighted by atomic mass is 10.1. The van der Waals surface area contributed by atoms with Gasteiger partial charge < -0.3 is 43.4 Å². The number of primary amides is 1. The minimum atomic E-state index is -1.42. The molecule has 11 N–H and O–H groups in total. The highest BCUT2D eigenvalue weighted by molar-refractivity contribution is 5.94. The van der Waals surface area contributed by atoms with Crippen molar-refractivity contribution in [1.29, 1.82) is 0 Å². The summed E-state index contributed by atoms with van der Waals surface area (Å²) >= 11 is 0. The molecule has 0 aliphatic rings. The minimum absolute atomic E-state index is 0.00207. The fourth-order valence-electron chi connectivity index (χ4n) is 2.33. The van der Waals surface area contributed by atoms with Crippen molar-refractivity contribution in [1.82, 2.24) is 16.0 Å². The molecule has 4 unspecified atom stereocenters. The van der Waals surface area contributed by atoms with Gasteiger partial charge in [0.25, 0.3) is 0 Å². The van der Waals surface area contributed by atoms with Crippen molar-refractivity contribution in [3.05, 3.63) is 0 Å². The third kappa shape index (κ3) is 10.7. The fraction of sp³-hybridized carbons (Fsp3) is 0.706. The maximum atomic E-state index is 12.2. The first-order valence-corrected chi connectivity index (χ1v) is 9.52. The highest BCUT2D eigenvalue weighted by atomic mass is 16.4. The molecule has 30 heavy (non-hydrogen) atoms. The van der Waals surface area contributed by atoms with Gasteiger partial charge in [-0.3, -0.25) is 19.2 Å². The van der Waals surface area contributed by atoms with E-state index in [0.29, 0.717) is 19.4 Å². The highest BCUT2D eigenvalue weighted by Crippen LogP contribution is 2.02. The molecule has 4 amide bonds. The quantitative estimate of drug-likeness (QED) is 0.118. The second-order valence-corrected chi connectivity index (χ2v) is 6.77. The maximum absolute atomic E-state index is 12.2. The molecule has 172 valence electrons. The van der Waals surface area contributed by atoms with E-state index in [2.05, 4.69) is 16.0 Å². The zero-order valence-electron chi connectivity index (χ0n) is 16.9. The van der Waals surface area contributed by atoms with Crippen LogP contribution in [0.5, 0.6) is 0 Å². The second-order valence-electron chi connectivity index (χ2n) is 6.77. The molecule has 0 bridgehead atoms. The fourth-order valence-corrected chi connectivity index (χ4v) is 2.33. The Balaban J connectivity index is 4.75. The number of aliphatic carboxylic acids is 1. The SMILES string of the molecule is CC(NC(=O)C(N)CCC(N)=O)C(=O)NC(CO)C(=O)NC(CCCCN)C(=O)O. The van der Waals surface area contributed by atoms with E-state index in [0.717, 1.165) is 0 Å². The van der Waals surface area contributed by atoms with Crippen molar-refractivity contribution in [2.75, 3.05) is 13.2 Å². The summed E-state index contributed by atoms with van der Waals surface area (Å²) in [5, 5.41) is 25.4. The number of hydrogen-bond acceptors (Lipinski definition) is 8. The van der Waals surface area contributed by atoms with E-state index < -0.39 is 60.4 Å². The van der Waals surface area contributed by atoms with Crippen LogP contribution in [-0.4, -0.2) is 77.1 Å². The Morgan fingerprint density at radius 3 is 2.00 bits per heavy atom. The van der Waals surface area contributed by atoms with Crippen LogP contribution in [0.25, 0.3) is 0 Å². The molecule has 0 aromatic heterocycles. The molecule has 0 saturated carbocycles. The topological polar surface area (TPSA) is 240 Å². The number of carbonyl (C=O) groups is 5. The smallest absolute Gasteiger partial charge is 0.326 e. The highest BCUT2D eigenvalue weighted by Gasteiger charge is 2.28. The number of rotatable bonds is 15. The summed E-state index contributed by atoms with van der Waals surface area (Å²) in [5.41, 5.74) is 15.9. The molecule has 4 atom stereocenters. The summed E-state index contributed by atoms with van der Waals surface area (Å²) in [7, 11) is 0. The minimum Gasteiger partial charge on any atom is -0.480 e. The van der Waals surface area contributed by atoms with Gasteiger partial charge in [0.15, 0.2) is 0 Å². The molecule has 0 spiro atoms. The summed E-state index contributed by atoms with van der Waals surface area (Å²) in [5.74, 6) is -4.26. The van der Waals surface area contributed by atoms with E-state index >= 15 is 0 Å². The van der Waals surface area contributed by atoms with Crippen LogP contribution in [0, 0.1) is 0 Å². The molecule has 0 fully saturated rings. The van der Waals surface area contributed by atoms with Crippen LogP contribution >= 0.6 is 0 Å². The van der Waals surface area contributed by atoms with Gasteiger partial charge in [-0.05, 0) is 39.2 Å². The third-order valence-corrected chi connectivity index (χ3v) is 4.17. The first kappa shape index (κ1) is 27.2. The Labute approximate surface area is 174 Å². The molecule has 0 rings (SSSR count). The average molecular weight is 432 g/mol. The molecule has 0 saturated heterocycles. The number of hydrogen-bond donors (Lipinski definition) is 8. The Morgan fingerprint density at radius 1 is 0.900 bits per heavy atom. The van der Waals surface area contributed by atoms with Crippen LogP contribution in [-0.2, 0) is 24.0 Å². The lowest BCUT2D eigenvalue weighted by molar-refractivity contribution is -0.142. The number of nitrogens with one attached hydrogen (secondary N) is 3. The standard InChI is InChI=1S/C17H32N6O7/c1-9(21-15(27)10(19)5-6-13(20)25)14(26)23-12(8-24)16(28)22-11(17(29)30)4-2-3-7-18/h9-12,24H,2-8,18-19H2,1H3,(H2,20,25)(H,21,27)(H,22,28)(H,23,26)(H,29,30). The number of amides is 4. The number of carboxylic acid groups (broad SMARTS) is 1. The first-order chi connectivity index (χ1) is 14.0. The van der Waals surface area contributed by atoms with E-state index in [9.17, 15) is 34.2 Å². The van der Waals surface area contributed by atoms with Gasteiger partial charge in [0, 0.05) is 6.42 Å². The van der Waals surface area contributed by atoms with Gasteiger partial charge in [0.1, 0.15) is 18.1 Å². The monoisotopic (exact) mass is 432 g/mol. The molecule has 13 heteroatoms. The number of aliphatic hydroxyl groups excluding tert-OH is 1. The number of nitrogens with two attached hydrogens (primary N) is 3. The van der Waals surface area contributed by atoms with Crippen molar-refractivity contribution < 1.29 is 34.2 Å². The largest absolute Gasteiger partial charge is 0.480 e. The van der Waals surface area contributed by atoms with Gasteiger partial charge in [-0.15, -0.1) is 0 Å². The number of aliphatic hydroxyl groups is 1. The number of carboxylic acids is 1. The van der Waals surface area contributed by atoms with Gasteiger partial charge in [0.05, 0.1) is 12.6 Å². The predicted octanol–water partition coefficient (Wildman–Crippen LogP) is -3.74. The van der Waals surface area contributed by atoms with Crippen molar-refractivity contribution >= 4 is 29.6 Å². The summed E-state index contributed by atoms with van der Waals surface area (Å²) in [6, 6.07) is -4.79. The van der Waals surface area contributed by atoms with Crippen molar-refractivity contribution in [3.8, 4) is 0 Å². The summed E-state index contributed by atoms with van der Waals surface area (Å²) in [6.45, 7) is 0.921. The van der Waals surface area contributed by atoms with Crippen molar-refractivity contribution in [3.63, 3.8) is 0 Å². The van der Waals surface area contributed by atoms with E-state index in [1.807, 2.05) is 0 Å². The lowest BCUT2D eigenvalue weighted by Gasteiger charge is -2.22.